The van der Waals surface area contributed by atoms with Crippen molar-refractivity contribution in [3.63, 3.8) is 0 Å². The molecule has 0 aromatic heterocycles. The summed E-state index contributed by atoms with van der Waals surface area (Å²) in [5, 5.41) is 18.0. The molecule has 0 rings (SSSR count). The number of nitrogens with two attached hydrogens (primary N) is 1. The molecule has 0 aliphatic heterocycles. The third-order valence-corrected chi connectivity index (χ3v) is 2.55. The Morgan fingerprint density at radius 1 is 1.28 bits per heavy atom. The molecule has 0 aliphatic carbocycles. The van der Waals surface area contributed by atoms with Crippen molar-refractivity contribution in [1.82, 2.24) is 10.8 Å². The lowest BCUT2D eigenvalue weighted by molar-refractivity contribution is -0.129. The van der Waals surface area contributed by atoms with Gasteiger partial charge in [-0.05, 0) is 12.8 Å². The molecule has 0 radical (unpaired) electrons. The number of carbonyl (C=O) groups excluding carboxylic acids is 2. The van der Waals surface area contributed by atoms with Crippen molar-refractivity contribution in [3.05, 3.63) is 0 Å². The minimum Gasteiger partial charge on any atom is -0.356 e. The van der Waals surface area contributed by atoms with Gasteiger partial charge in [-0.25, -0.2) is 5.48 Å². The van der Waals surface area contributed by atoms with Crippen molar-refractivity contribution in [3.8, 4) is 0 Å². The molecule has 1 atom stereocenters. The fraction of sp³-hybridized carbons (Fsp3) is 0.727. The first-order chi connectivity index (χ1) is 8.65. The van der Waals surface area contributed by atoms with Gasteiger partial charge in [-0.15, -0.1) is 0 Å². The molecule has 7 heteroatoms. The number of hydroxylamine groups is 1. The Hall–Kier alpha value is -1.47. The number of nitrogens with one attached hydrogen (secondary N) is 3. The second kappa shape index (κ2) is 10.7. The van der Waals surface area contributed by atoms with Crippen molar-refractivity contribution in [1.29, 1.82) is 5.41 Å². The van der Waals surface area contributed by atoms with Gasteiger partial charge >= 0.3 is 0 Å². The number of hydrogen-bond acceptors (Lipinski definition) is 5. The topological polar surface area (TPSA) is 128 Å². The first-order valence-corrected chi connectivity index (χ1v) is 6.07. The number of rotatable bonds is 10. The summed E-state index contributed by atoms with van der Waals surface area (Å²) in [6.45, 7) is 0.695. The van der Waals surface area contributed by atoms with Crippen LogP contribution in [0, 0.1) is 11.3 Å². The normalized spacial score (nSPS) is 11.7. The van der Waals surface area contributed by atoms with Crippen LogP contribution in [0.25, 0.3) is 0 Å². The third-order valence-electron chi connectivity index (χ3n) is 2.55. The van der Waals surface area contributed by atoms with E-state index < -0.39 is 5.92 Å². The highest BCUT2D eigenvalue weighted by molar-refractivity contribution is 5.92. The molecule has 6 N–H and O–H groups in total. The summed E-state index contributed by atoms with van der Waals surface area (Å²) in [5.41, 5.74) is 6.90. The van der Waals surface area contributed by atoms with E-state index in [2.05, 4.69) is 5.32 Å². The number of unbranched alkanes of at least 4 members (excludes halogenated alkanes) is 3. The molecule has 0 aliphatic rings. The number of hydrogen-bond donors (Lipinski definition) is 5. The average Bonchev–Trinajstić information content (AvgIpc) is 2.38. The summed E-state index contributed by atoms with van der Waals surface area (Å²) < 4.78 is 0. The molecule has 18 heavy (non-hydrogen) atoms. The van der Waals surface area contributed by atoms with Crippen molar-refractivity contribution in [2.24, 2.45) is 11.7 Å². The van der Waals surface area contributed by atoms with Crippen LogP contribution in [0.1, 0.15) is 32.1 Å². The van der Waals surface area contributed by atoms with Crippen LogP contribution in [0.3, 0.4) is 0 Å². The second-order valence-electron chi connectivity index (χ2n) is 4.00. The maximum Gasteiger partial charge on any atom is 0.243 e. The molecule has 0 bridgehead atoms. The van der Waals surface area contributed by atoms with Gasteiger partial charge in [0.1, 0.15) is 0 Å². The van der Waals surface area contributed by atoms with Gasteiger partial charge < -0.3 is 16.5 Å². The van der Waals surface area contributed by atoms with Crippen LogP contribution in [0.15, 0.2) is 0 Å². The second-order valence-corrected chi connectivity index (χ2v) is 4.00. The van der Waals surface area contributed by atoms with Crippen molar-refractivity contribution < 1.29 is 14.8 Å². The van der Waals surface area contributed by atoms with Crippen molar-refractivity contribution in [2.45, 2.75) is 32.1 Å². The predicted octanol–water partition coefficient (Wildman–Crippen LogP) is -0.217. The average molecular weight is 258 g/mol. The first kappa shape index (κ1) is 16.5. The maximum absolute atomic E-state index is 11.4. The lowest BCUT2D eigenvalue weighted by Gasteiger charge is -2.09. The molecule has 0 spiro atoms. The molecule has 0 saturated carbocycles. The molecule has 0 heterocycles. The van der Waals surface area contributed by atoms with E-state index in [0.29, 0.717) is 19.4 Å². The summed E-state index contributed by atoms with van der Waals surface area (Å²) >= 11 is 0. The molecule has 0 aromatic carbocycles. The predicted molar refractivity (Wildman–Crippen MR) is 67.4 cm³/mol. The van der Waals surface area contributed by atoms with Crippen LogP contribution in [0.5, 0.6) is 0 Å². The molecular formula is C11H22N4O3. The van der Waals surface area contributed by atoms with E-state index in [4.69, 9.17) is 16.4 Å². The molecular weight excluding hydrogens is 236 g/mol. The Morgan fingerprint density at radius 3 is 2.50 bits per heavy atom. The van der Waals surface area contributed by atoms with E-state index in [-0.39, 0.29) is 18.4 Å². The fourth-order valence-electron chi connectivity index (χ4n) is 1.41. The van der Waals surface area contributed by atoms with Gasteiger partial charge in [-0.1, -0.05) is 12.8 Å². The van der Waals surface area contributed by atoms with Crippen LogP contribution in [0.2, 0.25) is 0 Å². The van der Waals surface area contributed by atoms with Crippen molar-refractivity contribution in [2.75, 3.05) is 13.1 Å². The van der Waals surface area contributed by atoms with Crippen LogP contribution in [-0.2, 0) is 9.59 Å². The molecule has 104 valence electrons. The maximum atomic E-state index is 11.4. The molecule has 1 unspecified atom stereocenters. The zero-order valence-electron chi connectivity index (χ0n) is 10.4. The third kappa shape index (κ3) is 7.75. The summed E-state index contributed by atoms with van der Waals surface area (Å²) in [7, 11) is 0. The van der Waals surface area contributed by atoms with E-state index in [1.165, 1.54) is 0 Å². The van der Waals surface area contributed by atoms with Crippen LogP contribution < -0.4 is 16.5 Å². The van der Waals surface area contributed by atoms with Crippen LogP contribution in [-0.4, -0.2) is 36.3 Å². The summed E-state index contributed by atoms with van der Waals surface area (Å²) in [5.74, 6) is -1.13. The largest absolute Gasteiger partial charge is 0.356 e. The Balaban J connectivity index is 3.43. The zero-order valence-corrected chi connectivity index (χ0v) is 10.4. The van der Waals surface area contributed by atoms with E-state index >= 15 is 0 Å². The molecule has 0 aromatic rings. The monoisotopic (exact) mass is 258 g/mol. The van der Waals surface area contributed by atoms with E-state index in [1.54, 1.807) is 5.48 Å². The molecule has 2 amide bonds. The van der Waals surface area contributed by atoms with Gasteiger partial charge in [-0.3, -0.25) is 14.8 Å². The minimum atomic E-state index is -0.543. The van der Waals surface area contributed by atoms with Gasteiger partial charge in [0.05, 0.1) is 5.92 Å². The van der Waals surface area contributed by atoms with E-state index in [9.17, 15) is 9.59 Å². The van der Waals surface area contributed by atoms with Crippen LogP contribution in [0.4, 0.5) is 0 Å². The highest BCUT2D eigenvalue weighted by atomic mass is 16.5. The standard InChI is InChI=1S/C11H22N4O3/c12-7-9(8-13)11(17)14-6-4-2-1-3-5-10(16)15-18/h7,9,12,18H,1-6,8,13H2,(H,14,17)(H,15,16). The van der Waals surface area contributed by atoms with Gasteiger partial charge in [0.25, 0.3) is 0 Å². The summed E-state index contributed by atoms with van der Waals surface area (Å²) in [4.78, 5) is 22.1. The molecule has 0 fully saturated rings. The Morgan fingerprint density at radius 2 is 1.94 bits per heavy atom. The molecule has 7 nitrogen and oxygen atoms in total. The van der Waals surface area contributed by atoms with E-state index in [1.807, 2.05) is 0 Å². The molecule has 0 saturated heterocycles. The highest BCUT2D eigenvalue weighted by Gasteiger charge is 2.12. The van der Waals surface area contributed by atoms with Crippen molar-refractivity contribution >= 4 is 18.0 Å². The van der Waals surface area contributed by atoms with Crippen LogP contribution >= 0.6 is 0 Å². The van der Waals surface area contributed by atoms with Gasteiger partial charge in [0.15, 0.2) is 0 Å². The van der Waals surface area contributed by atoms with Gasteiger partial charge in [0.2, 0.25) is 11.8 Å². The zero-order chi connectivity index (χ0) is 13.8. The Kier molecular flexibility index (Phi) is 9.80. The minimum absolute atomic E-state index is 0.144. The first-order valence-electron chi connectivity index (χ1n) is 6.07. The SMILES string of the molecule is N=CC(CN)C(=O)NCCCCCCC(=O)NO. The Bertz CT molecular complexity index is 271. The lowest BCUT2D eigenvalue weighted by atomic mass is 10.1. The quantitative estimate of drug-likeness (QED) is 0.161. The number of amides is 2. The highest BCUT2D eigenvalue weighted by Crippen LogP contribution is 2.02. The fourth-order valence-corrected chi connectivity index (χ4v) is 1.41. The summed E-state index contributed by atoms with van der Waals surface area (Å²) in [6.07, 6.45) is 4.66. The summed E-state index contributed by atoms with van der Waals surface area (Å²) in [6, 6.07) is 0. The smallest absolute Gasteiger partial charge is 0.243 e. The lowest BCUT2D eigenvalue weighted by Crippen LogP contribution is -2.36. The number of carbonyl (C=O) groups is 2. The van der Waals surface area contributed by atoms with E-state index in [0.717, 1.165) is 25.5 Å². The Labute approximate surface area is 107 Å². The van der Waals surface area contributed by atoms with Gasteiger partial charge in [0, 0.05) is 25.7 Å². The van der Waals surface area contributed by atoms with Gasteiger partial charge in [-0.2, -0.15) is 0 Å².